The fraction of sp³-hybridized carbons (Fsp3) is 0.333. The van der Waals surface area contributed by atoms with Crippen molar-refractivity contribution in [2.45, 2.75) is 25.4 Å². The lowest BCUT2D eigenvalue weighted by atomic mass is 10.1. The van der Waals surface area contributed by atoms with Crippen LogP contribution in [0.4, 0.5) is 4.39 Å². The van der Waals surface area contributed by atoms with Crippen molar-refractivity contribution in [2.75, 3.05) is 0 Å². The lowest BCUT2D eigenvalue weighted by Crippen LogP contribution is -2.11. The minimum Gasteiger partial charge on any atom is -0.350 e. The van der Waals surface area contributed by atoms with Crippen LogP contribution in [0, 0.1) is 11.7 Å². The average Bonchev–Trinajstić information content (AvgIpc) is 3.12. The molecule has 0 spiro atoms. The van der Waals surface area contributed by atoms with Crippen LogP contribution in [0.5, 0.6) is 0 Å². The Morgan fingerprint density at radius 1 is 1.37 bits per heavy atom. The van der Waals surface area contributed by atoms with Gasteiger partial charge in [-0.1, -0.05) is 22.0 Å². The Kier molecular flexibility index (Phi) is 3.46. The van der Waals surface area contributed by atoms with Gasteiger partial charge in [0.15, 0.2) is 0 Å². The highest BCUT2D eigenvalue weighted by Gasteiger charge is 2.29. The third-order valence-electron chi connectivity index (χ3n) is 3.66. The molecule has 19 heavy (non-hydrogen) atoms. The van der Waals surface area contributed by atoms with Gasteiger partial charge >= 0.3 is 0 Å². The number of benzene rings is 1. The van der Waals surface area contributed by atoms with Crippen LogP contribution in [-0.4, -0.2) is 4.57 Å². The van der Waals surface area contributed by atoms with E-state index in [1.807, 2.05) is 6.20 Å². The summed E-state index contributed by atoms with van der Waals surface area (Å²) in [7, 11) is 0. The molecule has 1 aromatic heterocycles. The molecule has 2 nitrogen and oxygen atoms in total. The van der Waals surface area contributed by atoms with E-state index in [9.17, 15) is 4.39 Å². The van der Waals surface area contributed by atoms with Gasteiger partial charge in [0.25, 0.3) is 0 Å². The predicted molar refractivity (Wildman–Crippen MR) is 77.3 cm³/mol. The lowest BCUT2D eigenvalue weighted by Gasteiger charge is -2.08. The van der Waals surface area contributed by atoms with Gasteiger partial charge < -0.3 is 10.3 Å². The van der Waals surface area contributed by atoms with E-state index in [0.29, 0.717) is 5.92 Å². The summed E-state index contributed by atoms with van der Waals surface area (Å²) in [4.78, 5) is 0. The first-order valence-corrected chi connectivity index (χ1v) is 7.28. The van der Waals surface area contributed by atoms with Gasteiger partial charge in [-0.25, -0.2) is 4.39 Å². The zero-order valence-corrected chi connectivity index (χ0v) is 12.1. The molecule has 1 saturated carbocycles. The highest BCUT2D eigenvalue weighted by molar-refractivity contribution is 9.10. The summed E-state index contributed by atoms with van der Waals surface area (Å²) in [5, 5.41) is 0. The number of hydrogen-bond donors (Lipinski definition) is 1. The van der Waals surface area contributed by atoms with Crippen molar-refractivity contribution in [2.24, 2.45) is 11.7 Å². The summed E-state index contributed by atoms with van der Waals surface area (Å²) in [5.41, 5.74) is 8.44. The minimum atomic E-state index is -0.223. The third-order valence-corrected chi connectivity index (χ3v) is 4.39. The maximum Gasteiger partial charge on any atom is 0.124 e. The van der Waals surface area contributed by atoms with Crippen molar-refractivity contribution in [3.63, 3.8) is 0 Å². The van der Waals surface area contributed by atoms with Crippen LogP contribution in [0.2, 0.25) is 0 Å². The molecule has 1 fully saturated rings. The predicted octanol–water partition coefficient (Wildman–Crippen LogP) is 3.85. The van der Waals surface area contributed by atoms with E-state index in [-0.39, 0.29) is 11.9 Å². The van der Waals surface area contributed by atoms with Crippen molar-refractivity contribution in [1.82, 2.24) is 4.57 Å². The number of nitrogens with two attached hydrogens (primary N) is 1. The van der Waals surface area contributed by atoms with Gasteiger partial charge in [0.2, 0.25) is 0 Å². The van der Waals surface area contributed by atoms with Gasteiger partial charge in [0.05, 0.1) is 0 Å². The molecule has 1 heterocycles. The Bertz CT molecular complexity index is 590. The Morgan fingerprint density at radius 3 is 2.84 bits per heavy atom. The van der Waals surface area contributed by atoms with E-state index in [2.05, 4.69) is 32.8 Å². The molecule has 4 heteroatoms. The molecule has 1 aliphatic rings. The zero-order valence-electron chi connectivity index (χ0n) is 10.5. The fourth-order valence-electron chi connectivity index (χ4n) is 2.33. The quantitative estimate of drug-likeness (QED) is 0.910. The topological polar surface area (TPSA) is 30.9 Å². The average molecular weight is 323 g/mol. The van der Waals surface area contributed by atoms with Gasteiger partial charge in [-0.2, -0.15) is 0 Å². The van der Waals surface area contributed by atoms with Crippen molar-refractivity contribution in [1.29, 1.82) is 0 Å². The van der Waals surface area contributed by atoms with Gasteiger partial charge in [-0.15, -0.1) is 0 Å². The molecule has 0 amide bonds. The molecule has 0 radical (unpaired) electrons. The summed E-state index contributed by atoms with van der Waals surface area (Å²) in [5.74, 6) is 0.438. The minimum absolute atomic E-state index is 0.165. The number of halogens is 2. The summed E-state index contributed by atoms with van der Waals surface area (Å²) in [6.45, 7) is 0.720. The second-order valence-corrected chi connectivity index (χ2v) is 6.07. The molecular formula is C15H16BrFN2. The fourth-order valence-corrected chi connectivity index (χ4v) is 2.81. The van der Waals surface area contributed by atoms with Crippen LogP contribution < -0.4 is 5.73 Å². The maximum atomic E-state index is 13.0. The van der Waals surface area contributed by atoms with Crippen LogP contribution in [0.15, 0.2) is 41.1 Å². The van der Waals surface area contributed by atoms with E-state index in [0.717, 1.165) is 16.6 Å². The standard InChI is InChI=1S/C15H16BrFN2/c16-14-7-13(17)4-3-11(14)8-19-6-5-12(9-19)15(18)10-1-2-10/h3-7,9-10,15H,1-2,8,18H2. The number of aromatic nitrogens is 1. The first-order valence-electron chi connectivity index (χ1n) is 6.48. The first kappa shape index (κ1) is 12.9. The van der Waals surface area contributed by atoms with E-state index < -0.39 is 0 Å². The first-order chi connectivity index (χ1) is 9.13. The monoisotopic (exact) mass is 322 g/mol. The molecule has 0 bridgehead atoms. The Morgan fingerprint density at radius 2 is 2.16 bits per heavy atom. The van der Waals surface area contributed by atoms with E-state index in [1.165, 1.54) is 30.5 Å². The summed E-state index contributed by atoms with van der Waals surface area (Å²) in [6, 6.07) is 7.04. The molecule has 2 N–H and O–H groups in total. The molecular weight excluding hydrogens is 307 g/mol. The number of nitrogens with zero attached hydrogens (tertiary/aromatic N) is 1. The van der Waals surface area contributed by atoms with Crippen molar-refractivity contribution in [3.05, 3.63) is 58.1 Å². The van der Waals surface area contributed by atoms with Crippen molar-refractivity contribution in [3.8, 4) is 0 Å². The Balaban J connectivity index is 1.76. The molecule has 1 aromatic carbocycles. The molecule has 2 aromatic rings. The zero-order chi connectivity index (χ0) is 13.4. The van der Waals surface area contributed by atoms with Crippen molar-refractivity contribution < 1.29 is 4.39 Å². The summed E-state index contributed by atoms with van der Waals surface area (Å²) in [6.07, 6.45) is 6.62. The Hall–Kier alpha value is -1.13. The second kappa shape index (κ2) is 5.10. The van der Waals surface area contributed by atoms with Crippen LogP contribution in [0.1, 0.15) is 30.0 Å². The molecule has 1 aliphatic carbocycles. The van der Waals surface area contributed by atoms with Gasteiger partial charge in [-0.05, 0) is 48.1 Å². The molecule has 1 unspecified atom stereocenters. The van der Waals surface area contributed by atoms with Gasteiger partial charge in [-0.3, -0.25) is 0 Å². The van der Waals surface area contributed by atoms with Crippen LogP contribution in [0.3, 0.4) is 0 Å². The largest absolute Gasteiger partial charge is 0.350 e. The lowest BCUT2D eigenvalue weighted by molar-refractivity contribution is 0.624. The maximum absolute atomic E-state index is 13.0. The highest BCUT2D eigenvalue weighted by atomic mass is 79.9. The van der Waals surface area contributed by atoms with E-state index in [1.54, 1.807) is 6.07 Å². The van der Waals surface area contributed by atoms with Gasteiger partial charge in [0.1, 0.15) is 5.82 Å². The molecule has 1 atom stereocenters. The molecule has 100 valence electrons. The number of rotatable bonds is 4. The second-order valence-electron chi connectivity index (χ2n) is 5.22. The van der Waals surface area contributed by atoms with Crippen molar-refractivity contribution >= 4 is 15.9 Å². The smallest absolute Gasteiger partial charge is 0.124 e. The summed E-state index contributed by atoms with van der Waals surface area (Å²) >= 11 is 3.40. The van der Waals surface area contributed by atoms with Crippen LogP contribution in [0.25, 0.3) is 0 Å². The SMILES string of the molecule is NC(c1ccn(Cc2ccc(F)cc2Br)c1)C1CC1. The molecule has 3 rings (SSSR count). The number of hydrogen-bond acceptors (Lipinski definition) is 1. The summed E-state index contributed by atoms with van der Waals surface area (Å²) < 4.78 is 15.9. The van der Waals surface area contributed by atoms with E-state index in [4.69, 9.17) is 5.73 Å². The van der Waals surface area contributed by atoms with Crippen LogP contribution in [-0.2, 0) is 6.54 Å². The van der Waals surface area contributed by atoms with Crippen LogP contribution >= 0.6 is 15.9 Å². The molecule has 0 aliphatic heterocycles. The van der Waals surface area contributed by atoms with E-state index >= 15 is 0 Å². The normalized spacial score (nSPS) is 16.6. The Labute approximate surface area is 120 Å². The third kappa shape index (κ3) is 2.90. The molecule has 0 saturated heterocycles. The van der Waals surface area contributed by atoms with Gasteiger partial charge in [0, 0.05) is 29.5 Å². The highest BCUT2D eigenvalue weighted by Crippen LogP contribution is 2.39.